The first-order chi connectivity index (χ1) is 15.7. The second-order valence-electron chi connectivity index (χ2n) is 7.79. The summed E-state index contributed by atoms with van der Waals surface area (Å²) >= 11 is 0. The topological polar surface area (TPSA) is 26.0 Å². The van der Waals surface area contributed by atoms with Crippen molar-refractivity contribution in [3.05, 3.63) is 115 Å². The third-order valence-electron chi connectivity index (χ3n) is 5.68. The van der Waals surface area contributed by atoms with Crippen LogP contribution in [0.4, 0.5) is 18.9 Å². The van der Waals surface area contributed by atoms with Gasteiger partial charge in [0.1, 0.15) is 0 Å². The van der Waals surface area contributed by atoms with Crippen molar-refractivity contribution in [1.29, 1.82) is 0 Å². The largest absolute Gasteiger partial charge is 0.416 e. The number of thiol groups is 1. The summed E-state index contributed by atoms with van der Waals surface area (Å²) in [5.41, 5.74) is 11.1. The number of rotatable bonds is 5. The number of nitrogen functional groups attached to an aromatic ring is 1. The summed E-state index contributed by atoms with van der Waals surface area (Å²) in [6.07, 6.45) is -2.16. The minimum atomic E-state index is -4.33. The zero-order valence-electron chi connectivity index (χ0n) is 18.1. The molecule has 0 aliphatic carbocycles. The van der Waals surface area contributed by atoms with Crippen LogP contribution in [0.25, 0.3) is 27.2 Å². The Labute approximate surface area is 194 Å². The van der Waals surface area contributed by atoms with E-state index in [0.717, 1.165) is 55.4 Å². The lowest BCUT2D eigenvalue weighted by Crippen LogP contribution is -2.03. The first-order valence-corrected chi connectivity index (χ1v) is 12.2. The molecule has 0 radical (unpaired) electrons. The molecule has 0 amide bonds. The molecule has 0 saturated carbocycles. The summed E-state index contributed by atoms with van der Waals surface area (Å²) in [6.45, 7) is 4.31. The number of para-hydroxylation sites is 1. The van der Waals surface area contributed by atoms with Gasteiger partial charge < -0.3 is 5.73 Å². The van der Waals surface area contributed by atoms with Crippen molar-refractivity contribution in [2.75, 3.05) is 12.0 Å². The highest BCUT2D eigenvalue weighted by molar-refractivity contribution is 8.24. The number of hydrogen-bond acceptors (Lipinski definition) is 1. The summed E-state index contributed by atoms with van der Waals surface area (Å²) in [7, 11) is -0.628. The summed E-state index contributed by atoms with van der Waals surface area (Å²) in [5.74, 6) is 0. The van der Waals surface area contributed by atoms with Crippen molar-refractivity contribution in [3.8, 4) is 22.3 Å². The van der Waals surface area contributed by atoms with Gasteiger partial charge in [0.15, 0.2) is 0 Å². The van der Waals surface area contributed by atoms with Crippen LogP contribution in [0.2, 0.25) is 0 Å². The molecule has 0 bridgehead atoms. The maximum atomic E-state index is 12.8. The van der Waals surface area contributed by atoms with E-state index in [1.807, 2.05) is 42.5 Å². The zero-order valence-corrected chi connectivity index (χ0v) is 19.0. The van der Waals surface area contributed by atoms with E-state index in [9.17, 15) is 13.2 Å². The Morgan fingerprint density at radius 3 is 1.58 bits per heavy atom. The molecule has 0 aromatic heterocycles. The average molecular weight is 464 g/mol. The quantitative estimate of drug-likeness (QED) is 0.226. The maximum Gasteiger partial charge on any atom is 0.416 e. The lowest BCUT2D eigenvalue weighted by molar-refractivity contribution is -0.137. The van der Waals surface area contributed by atoms with Gasteiger partial charge in [-0.05, 0) is 63.2 Å². The van der Waals surface area contributed by atoms with Gasteiger partial charge in [-0.25, -0.2) is 10.9 Å². The molecular weight excluding hydrogens is 439 g/mol. The van der Waals surface area contributed by atoms with E-state index in [2.05, 4.69) is 43.2 Å². The smallest absolute Gasteiger partial charge is 0.398 e. The van der Waals surface area contributed by atoms with Crippen LogP contribution in [0, 0.1) is 0 Å². The van der Waals surface area contributed by atoms with Crippen LogP contribution in [0.15, 0.2) is 109 Å². The molecule has 4 aromatic carbocycles. The van der Waals surface area contributed by atoms with E-state index in [4.69, 9.17) is 5.73 Å². The molecule has 1 nitrogen and oxygen atoms in total. The van der Waals surface area contributed by atoms with Crippen molar-refractivity contribution >= 4 is 21.5 Å². The predicted octanol–water partition coefficient (Wildman–Crippen LogP) is 8.28. The summed E-state index contributed by atoms with van der Waals surface area (Å²) in [5, 5.41) is 0. The first-order valence-electron chi connectivity index (χ1n) is 10.4. The van der Waals surface area contributed by atoms with Gasteiger partial charge in [-0.2, -0.15) is 13.2 Å². The normalized spacial score (nSPS) is 12.9. The standard InChI is InChI=1S/C28H24F3NS/c1-19(33(2)27-6-4-3-5-26(27)32)20-7-9-21(10-8-20)22-11-13-23(14-12-22)24-15-17-25(18-16-24)28(29,30)31/h3-18,33H,1,32H2,2H3. The number of benzene rings is 4. The van der Waals surface area contributed by atoms with Crippen molar-refractivity contribution in [3.63, 3.8) is 0 Å². The molecule has 0 spiro atoms. The van der Waals surface area contributed by atoms with Crippen molar-refractivity contribution < 1.29 is 13.2 Å². The van der Waals surface area contributed by atoms with E-state index in [0.29, 0.717) is 0 Å². The van der Waals surface area contributed by atoms with Crippen molar-refractivity contribution in [2.24, 2.45) is 0 Å². The lowest BCUT2D eigenvalue weighted by atomic mass is 9.99. The van der Waals surface area contributed by atoms with Crippen LogP contribution in [0.5, 0.6) is 0 Å². The minimum absolute atomic E-state index is 0.628. The van der Waals surface area contributed by atoms with E-state index >= 15 is 0 Å². The molecule has 1 atom stereocenters. The summed E-state index contributed by atoms with van der Waals surface area (Å²) in [6, 6.07) is 29.2. The number of anilines is 1. The van der Waals surface area contributed by atoms with Crippen LogP contribution in [-0.2, 0) is 6.18 Å². The maximum absolute atomic E-state index is 12.8. The Balaban J connectivity index is 1.50. The number of halogens is 3. The van der Waals surface area contributed by atoms with Crippen LogP contribution in [0.3, 0.4) is 0 Å². The Kier molecular flexibility index (Phi) is 6.34. The number of nitrogens with two attached hydrogens (primary N) is 1. The molecular formula is C28H24F3NS. The molecule has 0 heterocycles. The molecule has 0 saturated heterocycles. The zero-order chi connectivity index (χ0) is 23.6. The molecule has 5 heteroatoms. The molecule has 0 fully saturated rings. The Bertz CT molecular complexity index is 1260. The third-order valence-corrected chi connectivity index (χ3v) is 7.88. The van der Waals surface area contributed by atoms with Gasteiger partial charge in [-0.15, -0.1) is 0 Å². The highest BCUT2D eigenvalue weighted by Gasteiger charge is 2.29. The minimum Gasteiger partial charge on any atom is -0.398 e. The Hall–Kier alpha value is -3.44. The molecule has 2 N–H and O–H groups in total. The van der Waals surface area contributed by atoms with Gasteiger partial charge in [-0.1, -0.05) is 79.4 Å². The van der Waals surface area contributed by atoms with Gasteiger partial charge >= 0.3 is 6.18 Å². The van der Waals surface area contributed by atoms with Gasteiger partial charge in [0.2, 0.25) is 0 Å². The fraction of sp³-hybridized carbons (Fsp3) is 0.0714. The van der Waals surface area contributed by atoms with Crippen LogP contribution < -0.4 is 5.73 Å². The van der Waals surface area contributed by atoms with Crippen LogP contribution in [-0.4, -0.2) is 6.26 Å². The van der Waals surface area contributed by atoms with Gasteiger partial charge in [-0.3, -0.25) is 0 Å². The first kappa shape index (κ1) is 22.7. The second kappa shape index (κ2) is 9.20. The molecule has 4 rings (SSSR count). The Morgan fingerprint density at radius 1 is 0.697 bits per heavy atom. The number of alkyl halides is 3. The van der Waals surface area contributed by atoms with Crippen molar-refractivity contribution in [1.82, 2.24) is 0 Å². The van der Waals surface area contributed by atoms with Gasteiger partial charge in [0.05, 0.1) is 5.56 Å². The van der Waals surface area contributed by atoms with Crippen LogP contribution in [0.1, 0.15) is 11.1 Å². The van der Waals surface area contributed by atoms with E-state index in [1.165, 1.54) is 12.1 Å². The fourth-order valence-electron chi connectivity index (χ4n) is 3.69. The van der Waals surface area contributed by atoms with Crippen molar-refractivity contribution in [2.45, 2.75) is 11.1 Å². The Morgan fingerprint density at radius 2 is 1.12 bits per heavy atom. The summed E-state index contributed by atoms with van der Waals surface area (Å²) in [4.78, 5) is 2.19. The molecule has 33 heavy (non-hydrogen) atoms. The fourth-order valence-corrected chi connectivity index (χ4v) is 5.29. The van der Waals surface area contributed by atoms with E-state index in [-0.39, 0.29) is 0 Å². The van der Waals surface area contributed by atoms with Gasteiger partial charge in [0, 0.05) is 10.6 Å². The number of hydrogen-bond donors (Lipinski definition) is 2. The predicted molar refractivity (Wildman–Crippen MR) is 135 cm³/mol. The van der Waals surface area contributed by atoms with Gasteiger partial charge in [0.25, 0.3) is 0 Å². The molecule has 1 unspecified atom stereocenters. The average Bonchev–Trinajstić information content (AvgIpc) is 2.83. The third kappa shape index (κ3) is 4.99. The highest BCUT2D eigenvalue weighted by Crippen LogP contribution is 2.47. The summed E-state index contributed by atoms with van der Waals surface area (Å²) < 4.78 is 38.3. The molecule has 0 aliphatic heterocycles. The molecule has 168 valence electrons. The van der Waals surface area contributed by atoms with E-state index < -0.39 is 22.6 Å². The van der Waals surface area contributed by atoms with E-state index in [1.54, 1.807) is 0 Å². The highest BCUT2D eigenvalue weighted by atomic mass is 32.2. The molecule has 4 aromatic rings. The SMILES string of the molecule is C=C(c1ccc(-c2ccc(-c3ccc(C(F)(F)F)cc3)cc2)cc1)[SH](C)c1ccccc1N. The monoisotopic (exact) mass is 463 g/mol. The van der Waals surface area contributed by atoms with Crippen LogP contribution >= 0.6 is 10.9 Å². The second-order valence-corrected chi connectivity index (χ2v) is 9.93. The lowest BCUT2D eigenvalue weighted by Gasteiger charge is -2.21. The molecule has 0 aliphatic rings.